The molecule has 2 aliphatic heterocycles. The van der Waals surface area contributed by atoms with Crippen LogP contribution >= 0.6 is 11.6 Å². The fourth-order valence-corrected chi connectivity index (χ4v) is 2.76. The fourth-order valence-electron chi connectivity index (χ4n) is 2.55. The van der Waals surface area contributed by atoms with Crippen LogP contribution in [0.1, 0.15) is 0 Å². The highest BCUT2D eigenvalue weighted by molar-refractivity contribution is 6.32. The lowest BCUT2D eigenvalue weighted by Gasteiger charge is -2.26. The molecule has 1 aromatic carbocycles. The van der Waals surface area contributed by atoms with Gasteiger partial charge in [0.05, 0.1) is 23.9 Å². The molecule has 3 rings (SSSR count). The Morgan fingerprint density at radius 2 is 2.26 bits per heavy atom. The van der Waals surface area contributed by atoms with Crippen molar-refractivity contribution >= 4 is 29.2 Å². The zero-order valence-electron chi connectivity index (χ0n) is 11.9. The van der Waals surface area contributed by atoms with Gasteiger partial charge in [-0.05, 0) is 6.07 Å². The number of rotatable bonds is 3. The van der Waals surface area contributed by atoms with Crippen molar-refractivity contribution < 1.29 is 23.5 Å². The lowest BCUT2D eigenvalue weighted by atomic mass is 10.2. The van der Waals surface area contributed by atoms with Crippen LogP contribution in [0.4, 0.5) is 14.9 Å². The Bertz CT molecular complexity index is 694. The fraction of sp³-hybridized carbons (Fsp3) is 0.333. The third-order valence-corrected chi connectivity index (χ3v) is 3.92. The van der Waals surface area contributed by atoms with Crippen molar-refractivity contribution in [2.24, 2.45) is 0 Å². The van der Waals surface area contributed by atoms with Gasteiger partial charge in [-0.25, -0.2) is 14.1 Å². The minimum Gasteiger partial charge on any atom is -0.479 e. The lowest BCUT2D eigenvalue weighted by molar-refractivity contribution is -0.123. The van der Waals surface area contributed by atoms with Crippen LogP contribution in [0.2, 0.25) is 5.02 Å². The molecule has 0 aromatic heterocycles. The number of hydrogen-bond donors (Lipinski definition) is 0. The Hall–Kier alpha value is -2.30. The number of nitrogens with zero attached hydrogens (tertiary/aromatic N) is 2. The van der Waals surface area contributed by atoms with Gasteiger partial charge in [0.2, 0.25) is 0 Å². The highest BCUT2D eigenvalue weighted by atomic mass is 35.5. The Morgan fingerprint density at radius 3 is 2.96 bits per heavy atom. The maximum Gasteiger partial charge on any atom is 0.332 e. The third kappa shape index (κ3) is 2.60. The van der Waals surface area contributed by atoms with E-state index in [2.05, 4.69) is 5.92 Å². The van der Waals surface area contributed by atoms with Gasteiger partial charge in [-0.1, -0.05) is 17.5 Å². The number of anilines is 1. The van der Waals surface area contributed by atoms with Crippen molar-refractivity contribution in [2.45, 2.75) is 6.04 Å². The molecule has 0 bridgehead atoms. The quantitative estimate of drug-likeness (QED) is 0.621. The third-order valence-electron chi connectivity index (χ3n) is 3.62. The van der Waals surface area contributed by atoms with Crippen molar-refractivity contribution in [3.8, 4) is 18.1 Å². The van der Waals surface area contributed by atoms with Crippen molar-refractivity contribution in [3.63, 3.8) is 0 Å². The molecule has 3 amide bonds. The number of amides is 3. The van der Waals surface area contributed by atoms with E-state index in [-0.39, 0.29) is 36.2 Å². The number of carbonyl (C=O) groups is 2. The van der Waals surface area contributed by atoms with Crippen LogP contribution in [0, 0.1) is 18.2 Å². The largest absolute Gasteiger partial charge is 0.479 e. The average molecular weight is 339 g/mol. The second-order valence-corrected chi connectivity index (χ2v) is 5.37. The van der Waals surface area contributed by atoms with E-state index >= 15 is 0 Å². The van der Waals surface area contributed by atoms with Crippen molar-refractivity contribution in [1.82, 2.24) is 4.90 Å². The second kappa shape index (κ2) is 6.07. The zero-order chi connectivity index (χ0) is 16.6. The average Bonchev–Trinajstić information content (AvgIpc) is 2.79. The Labute approximate surface area is 136 Å². The summed E-state index contributed by atoms with van der Waals surface area (Å²) in [5, 5.41) is 0.00153. The molecule has 1 unspecified atom stereocenters. The Balaban J connectivity index is 1.99. The first-order valence-electron chi connectivity index (χ1n) is 6.82. The number of terminal acetylenes is 1. The molecule has 1 atom stereocenters. The van der Waals surface area contributed by atoms with E-state index in [1.165, 1.54) is 11.0 Å². The van der Waals surface area contributed by atoms with Gasteiger partial charge in [0, 0.05) is 12.6 Å². The second-order valence-electron chi connectivity index (χ2n) is 4.97. The molecule has 0 aliphatic carbocycles. The molecule has 23 heavy (non-hydrogen) atoms. The van der Waals surface area contributed by atoms with E-state index in [4.69, 9.17) is 27.5 Å². The minimum atomic E-state index is -0.800. The molecule has 0 N–H and O–H groups in total. The number of hydrogen-bond acceptors (Lipinski definition) is 4. The lowest BCUT2D eigenvalue weighted by Crippen LogP contribution is -2.45. The topological polar surface area (TPSA) is 59.1 Å². The Morgan fingerprint density at radius 1 is 1.48 bits per heavy atom. The summed E-state index contributed by atoms with van der Waals surface area (Å²) in [6, 6.07) is 0.857. The number of ether oxygens (including phenoxy) is 2. The molecule has 120 valence electrons. The Kier molecular flexibility index (Phi) is 4.11. The van der Waals surface area contributed by atoms with Crippen LogP contribution in [0.5, 0.6) is 5.75 Å². The number of urea groups is 1. The van der Waals surface area contributed by atoms with Gasteiger partial charge in [0.15, 0.2) is 0 Å². The molecule has 2 fully saturated rings. The predicted octanol–water partition coefficient (Wildman–Crippen LogP) is 1.66. The van der Waals surface area contributed by atoms with Crippen LogP contribution in [0.25, 0.3) is 0 Å². The monoisotopic (exact) mass is 338 g/mol. The van der Waals surface area contributed by atoms with Crippen molar-refractivity contribution in [1.29, 1.82) is 0 Å². The van der Waals surface area contributed by atoms with Gasteiger partial charge >= 0.3 is 6.03 Å². The molecule has 0 saturated carbocycles. The molecule has 2 heterocycles. The van der Waals surface area contributed by atoms with Crippen molar-refractivity contribution in [3.05, 3.63) is 23.0 Å². The number of morpholine rings is 1. The normalized spacial score (nSPS) is 20.5. The van der Waals surface area contributed by atoms with Gasteiger partial charge in [0.1, 0.15) is 24.2 Å². The van der Waals surface area contributed by atoms with Gasteiger partial charge in [-0.15, -0.1) is 6.42 Å². The molecule has 2 saturated heterocycles. The molecular weight excluding hydrogens is 327 g/mol. The molecule has 6 nitrogen and oxygen atoms in total. The summed E-state index contributed by atoms with van der Waals surface area (Å²) in [4.78, 5) is 27.0. The van der Waals surface area contributed by atoms with Crippen molar-refractivity contribution in [2.75, 3.05) is 31.3 Å². The van der Waals surface area contributed by atoms with Gasteiger partial charge in [0.25, 0.3) is 5.91 Å². The highest BCUT2D eigenvalue weighted by Gasteiger charge is 2.48. The summed E-state index contributed by atoms with van der Waals surface area (Å²) in [6.07, 6.45) is 5.11. The molecule has 0 spiro atoms. The minimum absolute atomic E-state index is 0.00153. The molecule has 1 aromatic rings. The predicted molar refractivity (Wildman–Crippen MR) is 79.9 cm³/mol. The van der Waals surface area contributed by atoms with E-state index in [0.29, 0.717) is 6.61 Å². The summed E-state index contributed by atoms with van der Waals surface area (Å²) in [7, 11) is 0. The summed E-state index contributed by atoms with van der Waals surface area (Å²) >= 11 is 5.89. The van der Waals surface area contributed by atoms with E-state index in [1.54, 1.807) is 0 Å². The first-order chi connectivity index (χ1) is 11.0. The van der Waals surface area contributed by atoms with Crippen LogP contribution in [0.3, 0.4) is 0 Å². The van der Waals surface area contributed by atoms with E-state index in [9.17, 15) is 14.0 Å². The van der Waals surface area contributed by atoms with Crippen LogP contribution < -0.4 is 9.64 Å². The summed E-state index contributed by atoms with van der Waals surface area (Å²) < 4.78 is 24.7. The van der Waals surface area contributed by atoms with E-state index in [1.807, 2.05) is 0 Å². The zero-order valence-corrected chi connectivity index (χ0v) is 12.7. The summed E-state index contributed by atoms with van der Waals surface area (Å²) in [5.74, 6) is 1.01. The maximum atomic E-state index is 14.3. The number of fused-ring (bicyclic) bond motifs is 1. The van der Waals surface area contributed by atoms with E-state index in [0.717, 1.165) is 11.0 Å². The first kappa shape index (κ1) is 15.6. The molecule has 2 aliphatic rings. The van der Waals surface area contributed by atoms with E-state index < -0.39 is 23.8 Å². The number of halogens is 2. The molecule has 8 heteroatoms. The number of carbonyl (C=O) groups excluding carboxylic acids is 2. The molecule has 0 radical (unpaired) electrons. The summed E-state index contributed by atoms with van der Waals surface area (Å²) in [5.41, 5.74) is -0.217. The van der Waals surface area contributed by atoms with Gasteiger partial charge < -0.3 is 14.4 Å². The number of imide groups is 1. The standard InChI is InChI=1S/C15H12ClFN2O4/c1-2-4-23-13-7-11(10(17)6-9(13)16)19-14(20)12-8-22-5-3-18(12)15(19)21/h1,6-7,12H,3-5,8H2. The maximum absolute atomic E-state index is 14.3. The van der Waals surface area contributed by atoms with Crippen LogP contribution in [-0.2, 0) is 9.53 Å². The SMILES string of the molecule is C#CCOc1cc(N2C(=O)C3COCCN3C2=O)c(F)cc1Cl. The number of benzene rings is 1. The first-order valence-corrected chi connectivity index (χ1v) is 7.20. The molecular formula is C15H12ClFN2O4. The highest BCUT2D eigenvalue weighted by Crippen LogP contribution is 2.35. The summed E-state index contributed by atoms with van der Waals surface area (Å²) in [6.45, 7) is 0.635. The van der Waals surface area contributed by atoms with Gasteiger partial charge in [-0.2, -0.15) is 0 Å². The van der Waals surface area contributed by atoms with Crippen LogP contribution in [0.15, 0.2) is 12.1 Å². The van der Waals surface area contributed by atoms with Crippen LogP contribution in [-0.4, -0.2) is 49.2 Å². The van der Waals surface area contributed by atoms with Gasteiger partial charge in [-0.3, -0.25) is 4.79 Å². The smallest absolute Gasteiger partial charge is 0.332 e.